The van der Waals surface area contributed by atoms with Crippen molar-refractivity contribution in [3.8, 4) is 0 Å². The summed E-state index contributed by atoms with van der Waals surface area (Å²) in [5.41, 5.74) is 2.34. The predicted octanol–water partition coefficient (Wildman–Crippen LogP) is 2.47. The van der Waals surface area contributed by atoms with Gasteiger partial charge in [0, 0.05) is 29.6 Å². The number of nitrogens with zero attached hydrogens (tertiary/aromatic N) is 1. The Morgan fingerprint density at radius 3 is 2.84 bits per heavy atom. The van der Waals surface area contributed by atoms with E-state index in [9.17, 15) is 4.79 Å². The molecule has 4 heteroatoms. The molecule has 0 amide bonds. The van der Waals surface area contributed by atoms with Crippen LogP contribution in [0.5, 0.6) is 0 Å². The molecular weight excluding hydrogens is 304 g/mol. The van der Waals surface area contributed by atoms with Crippen molar-refractivity contribution in [3.05, 3.63) is 33.8 Å². The number of aryl methyl sites for hydroxylation is 1. The Labute approximate surface area is 123 Å². The maximum absolute atomic E-state index is 11.3. The van der Waals surface area contributed by atoms with Gasteiger partial charge in [0.1, 0.15) is 6.29 Å². The van der Waals surface area contributed by atoms with E-state index < -0.39 is 0 Å². The van der Waals surface area contributed by atoms with Gasteiger partial charge in [0.15, 0.2) is 0 Å². The largest absolute Gasteiger partial charge is 0.313 e. The van der Waals surface area contributed by atoms with Crippen LogP contribution in [0.25, 0.3) is 0 Å². The minimum atomic E-state index is -0.140. The van der Waals surface area contributed by atoms with Crippen molar-refractivity contribution in [3.63, 3.8) is 0 Å². The molecule has 0 aromatic heterocycles. The summed E-state index contributed by atoms with van der Waals surface area (Å²) in [6, 6.07) is 6.38. The van der Waals surface area contributed by atoms with Crippen LogP contribution in [0.15, 0.2) is 22.7 Å². The van der Waals surface area contributed by atoms with Gasteiger partial charge in [0.05, 0.1) is 6.04 Å². The molecule has 2 rings (SSSR count). The number of carbonyl (C=O) groups is 1. The molecule has 0 bridgehead atoms. The number of piperazine rings is 1. The highest BCUT2D eigenvalue weighted by molar-refractivity contribution is 9.10. The van der Waals surface area contributed by atoms with Gasteiger partial charge in [-0.3, -0.25) is 4.90 Å². The minimum Gasteiger partial charge on any atom is -0.313 e. The Bertz CT molecular complexity index is 473. The monoisotopic (exact) mass is 324 g/mol. The summed E-state index contributed by atoms with van der Waals surface area (Å²) in [6.07, 6.45) is 1.06. The first-order valence-electron chi connectivity index (χ1n) is 6.66. The molecule has 0 radical (unpaired) electrons. The van der Waals surface area contributed by atoms with Gasteiger partial charge in [0.25, 0.3) is 0 Å². The summed E-state index contributed by atoms with van der Waals surface area (Å²) in [7, 11) is 0. The SMILES string of the molecule is Cc1cc(C(C)(C)N2CCNCC2C=O)ccc1Br. The zero-order valence-electron chi connectivity index (χ0n) is 11.7. The maximum Gasteiger partial charge on any atom is 0.138 e. The van der Waals surface area contributed by atoms with Crippen molar-refractivity contribution in [2.45, 2.75) is 32.4 Å². The van der Waals surface area contributed by atoms with Gasteiger partial charge in [-0.2, -0.15) is 0 Å². The van der Waals surface area contributed by atoms with E-state index in [0.717, 1.165) is 30.4 Å². The number of carbonyl (C=O) groups excluding carboxylic acids is 1. The fourth-order valence-corrected chi connectivity index (χ4v) is 2.98. The molecule has 0 saturated carbocycles. The minimum absolute atomic E-state index is 0.0484. The quantitative estimate of drug-likeness (QED) is 0.867. The lowest BCUT2D eigenvalue weighted by Gasteiger charge is -2.45. The summed E-state index contributed by atoms with van der Waals surface area (Å²) in [5.74, 6) is 0. The van der Waals surface area contributed by atoms with E-state index in [1.165, 1.54) is 11.1 Å². The zero-order chi connectivity index (χ0) is 14.0. The Morgan fingerprint density at radius 1 is 1.47 bits per heavy atom. The molecule has 104 valence electrons. The highest BCUT2D eigenvalue weighted by atomic mass is 79.9. The van der Waals surface area contributed by atoms with Gasteiger partial charge >= 0.3 is 0 Å². The third-order valence-corrected chi connectivity index (χ3v) is 4.91. The molecule has 1 fully saturated rings. The molecule has 3 nitrogen and oxygen atoms in total. The normalized spacial score (nSPS) is 21.4. The first kappa shape index (κ1) is 14.7. The van der Waals surface area contributed by atoms with Crippen LogP contribution in [0.4, 0.5) is 0 Å². The first-order valence-corrected chi connectivity index (χ1v) is 7.45. The van der Waals surface area contributed by atoms with Crippen molar-refractivity contribution in [2.24, 2.45) is 0 Å². The van der Waals surface area contributed by atoms with Crippen LogP contribution in [0, 0.1) is 6.92 Å². The number of halogens is 1. The van der Waals surface area contributed by atoms with Gasteiger partial charge in [-0.15, -0.1) is 0 Å². The fraction of sp³-hybridized carbons (Fsp3) is 0.533. The summed E-state index contributed by atoms with van der Waals surface area (Å²) in [5, 5.41) is 3.28. The van der Waals surface area contributed by atoms with Crippen LogP contribution in [0.3, 0.4) is 0 Å². The van der Waals surface area contributed by atoms with Gasteiger partial charge in [0.2, 0.25) is 0 Å². The summed E-state index contributed by atoms with van der Waals surface area (Å²) in [4.78, 5) is 13.6. The molecule has 1 atom stereocenters. The predicted molar refractivity (Wildman–Crippen MR) is 81.3 cm³/mol. The standard InChI is InChI=1S/C15H21BrN2O/c1-11-8-12(4-5-14(11)16)15(2,3)18-7-6-17-9-13(18)10-19/h4-5,8,10,13,17H,6-7,9H2,1-3H3. The molecule has 1 heterocycles. The Hall–Kier alpha value is -0.710. The topological polar surface area (TPSA) is 32.3 Å². The van der Waals surface area contributed by atoms with Crippen molar-refractivity contribution in [1.82, 2.24) is 10.2 Å². The molecule has 0 spiro atoms. The highest BCUT2D eigenvalue weighted by Gasteiger charge is 2.35. The first-order chi connectivity index (χ1) is 8.96. The van der Waals surface area contributed by atoms with E-state index in [-0.39, 0.29) is 11.6 Å². The molecule has 1 aliphatic heterocycles. The Balaban J connectivity index is 2.33. The summed E-state index contributed by atoms with van der Waals surface area (Å²) in [6.45, 7) is 9.05. The van der Waals surface area contributed by atoms with Crippen molar-refractivity contribution < 1.29 is 4.79 Å². The van der Waals surface area contributed by atoms with Crippen LogP contribution in [0.1, 0.15) is 25.0 Å². The Morgan fingerprint density at radius 2 is 2.21 bits per heavy atom. The fourth-order valence-electron chi connectivity index (χ4n) is 2.73. The highest BCUT2D eigenvalue weighted by Crippen LogP contribution is 2.32. The van der Waals surface area contributed by atoms with E-state index in [1.807, 2.05) is 0 Å². The average molecular weight is 325 g/mol. The lowest BCUT2D eigenvalue weighted by Crippen LogP contribution is -2.58. The van der Waals surface area contributed by atoms with Crippen LogP contribution in [-0.2, 0) is 10.3 Å². The van der Waals surface area contributed by atoms with E-state index in [1.54, 1.807) is 0 Å². The number of benzene rings is 1. The number of rotatable bonds is 3. The zero-order valence-corrected chi connectivity index (χ0v) is 13.3. The molecule has 1 unspecified atom stereocenters. The Kier molecular flexibility index (Phi) is 4.43. The summed E-state index contributed by atoms with van der Waals surface area (Å²) >= 11 is 3.54. The van der Waals surface area contributed by atoms with E-state index in [2.05, 4.69) is 65.1 Å². The van der Waals surface area contributed by atoms with Crippen LogP contribution < -0.4 is 5.32 Å². The molecule has 19 heavy (non-hydrogen) atoms. The second kappa shape index (κ2) is 5.73. The lowest BCUT2D eigenvalue weighted by atomic mass is 9.89. The van der Waals surface area contributed by atoms with Crippen molar-refractivity contribution in [1.29, 1.82) is 0 Å². The summed E-state index contributed by atoms with van der Waals surface area (Å²) < 4.78 is 1.12. The molecule has 1 aromatic rings. The van der Waals surface area contributed by atoms with Gasteiger partial charge in [-0.1, -0.05) is 28.1 Å². The van der Waals surface area contributed by atoms with Gasteiger partial charge in [-0.25, -0.2) is 0 Å². The number of aldehydes is 1. The second-order valence-electron chi connectivity index (χ2n) is 5.62. The molecule has 1 aliphatic rings. The molecule has 1 N–H and O–H groups in total. The third-order valence-electron chi connectivity index (χ3n) is 4.02. The van der Waals surface area contributed by atoms with Crippen molar-refractivity contribution >= 4 is 22.2 Å². The van der Waals surface area contributed by atoms with Gasteiger partial charge in [-0.05, 0) is 38.0 Å². The molecule has 1 aromatic carbocycles. The average Bonchev–Trinajstić information content (AvgIpc) is 2.41. The lowest BCUT2D eigenvalue weighted by molar-refractivity contribution is -0.115. The van der Waals surface area contributed by atoms with Crippen LogP contribution >= 0.6 is 15.9 Å². The molecule has 0 aliphatic carbocycles. The van der Waals surface area contributed by atoms with Crippen LogP contribution in [-0.4, -0.2) is 36.9 Å². The van der Waals surface area contributed by atoms with Gasteiger partial charge < -0.3 is 10.1 Å². The molecule has 1 saturated heterocycles. The van der Waals surface area contributed by atoms with E-state index in [0.29, 0.717) is 0 Å². The second-order valence-corrected chi connectivity index (χ2v) is 6.48. The number of nitrogens with one attached hydrogen (secondary N) is 1. The third kappa shape index (κ3) is 2.91. The van der Waals surface area contributed by atoms with Crippen LogP contribution in [0.2, 0.25) is 0 Å². The number of hydrogen-bond donors (Lipinski definition) is 1. The molecular formula is C15H21BrN2O. The smallest absolute Gasteiger partial charge is 0.138 e. The van der Waals surface area contributed by atoms with Crippen molar-refractivity contribution in [2.75, 3.05) is 19.6 Å². The number of hydrogen-bond acceptors (Lipinski definition) is 3. The maximum atomic E-state index is 11.3. The van der Waals surface area contributed by atoms with E-state index in [4.69, 9.17) is 0 Å². The van der Waals surface area contributed by atoms with E-state index >= 15 is 0 Å².